The first-order valence-electron chi connectivity index (χ1n) is 5.86. The molecule has 4 heteroatoms. The lowest BCUT2D eigenvalue weighted by molar-refractivity contribution is 0.0787. The monoisotopic (exact) mass is 236 g/mol. The molecule has 0 unspecified atom stereocenters. The zero-order valence-corrected chi connectivity index (χ0v) is 9.95. The minimum atomic E-state index is -0.358. The number of carbonyl (C=O) groups is 1. The molecule has 1 saturated heterocycles. The van der Waals surface area contributed by atoms with Gasteiger partial charge < -0.3 is 10.6 Å². The highest BCUT2D eigenvalue weighted by atomic mass is 19.1. The Kier molecular flexibility index (Phi) is 3.43. The molecule has 0 aromatic heterocycles. The Morgan fingerprint density at radius 3 is 2.88 bits per heavy atom. The van der Waals surface area contributed by atoms with Crippen LogP contribution in [-0.4, -0.2) is 30.4 Å². The van der Waals surface area contributed by atoms with E-state index in [9.17, 15) is 9.18 Å². The number of rotatable bonds is 2. The van der Waals surface area contributed by atoms with Crippen LogP contribution in [-0.2, 0) is 0 Å². The molecular weight excluding hydrogens is 219 g/mol. The maximum absolute atomic E-state index is 13.2. The zero-order chi connectivity index (χ0) is 12.4. The number of halogens is 1. The average Bonchev–Trinajstić information content (AvgIpc) is 2.75. The highest BCUT2D eigenvalue weighted by molar-refractivity contribution is 5.94. The molecule has 0 aliphatic carbocycles. The second-order valence-electron chi connectivity index (χ2n) is 4.66. The molecule has 1 fully saturated rings. The number of likely N-dealkylation sites (tertiary alicyclic amines) is 1. The van der Waals surface area contributed by atoms with Gasteiger partial charge in [-0.15, -0.1) is 0 Å². The lowest BCUT2D eigenvalue weighted by Gasteiger charge is -2.16. The van der Waals surface area contributed by atoms with Crippen molar-refractivity contribution in [3.63, 3.8) is 0 Å². The Morgan fingerprint density at radius 1 is 1.53 bits per heavy atom. The van der Waals surface area contributed by atoms with Crippen molar-refractivity contribution < 1.29 is 9.18 Å². The molecule has 0 spiro atoms. The van der Waals surface area contributed by atoms with Crippen molar-refractivity contribution in [3.8, 4) is 0 Å². The molecule has 2 N–H and O–H groups in total. The van der Waals surface area contributed by atoms with Gasteiger partial charge in [0, 0.05) is 18.7 Å². The van der Waals surface area contributed by atoms with E-state index in [-0.39, 0.29) is 11.7 Å². The summed E-state index contributed by atoms with van der Waals surface area (Å²) in [7, 11) is 0. The lowest BCUT2D eigenvalue weighted by atomic mass is 10.1. The van der Waals surface area contributed by atoms with Crippen LogP contribution in [0.4, 0.5) is 4.39 Å². The molecule has 1 aliphatic heterocycles. The van der Waals surface area contributed by atoms with Gasteiger partial charge in [0.05, 0.1) is 0 Å². The van der Waals surface area contributed by atoms with Crippen LogP contribution in [0.2, 0.25) is 0 Å². The first kappa shape index (κ1) is 12.0. The summed E-state index contributed by atoms with van der Waals surface area (Å²) in [5.41, 5.74) is 6.78. The number of nitrogens with two attached hydrogens (primary N) is 1. The maximum atomic E-state index is 13.2. The van der Waals surface area contributed by atoms with E-state index in [1.807, 2.05) is 0 Å². The van der Waals surface area contributed by atoms with Crippen LogP contribution in [0.3, 0.4) is 0 Å². The predicted octanol–water partition coefficient (Wildman–Crippen LogP) is 1.55. The minimum absolute atomic E-state index is 0.0939. The van der Waals surface area contributed by atoms with E-state index in [0.29, 0.717) is 24.6 Å². The van der Waals surface area contributed by atoms with E-state index >= 15 is 0 Å². The van der Waals surface area contributed by atoms with Gasteiger partial charge in [-0.2, -0.15) is 0 Å². The molecular formula is C13H17FN2O. The van der Waals surface area contributed by atoms with E-state index < -0.39 is 0 Å². The predicted molar refractivity (Wildman–Crippen MR) is 64.2 cm³/mol. The van der Waals surface area contributed by atoms with Crippen molar-refractivity contribution in [2.75, 3.05) is 19.6 Å². The molecule has 1 aromatic rings. The first-order valence-corrected chi connectivity index (χ1v) is 5.86. The first-order chi connectivity index (χ1) is 8.10. The van der Waals surface area contributed by atoms with Crippen LogP contribution in [0.15, 0.2) is 18.2 Å². The molecule has 0 saturated carbocycles. The van der Waals surface area contributed by atoms with Crippen LogP contribution < -0.4 is 5.73 Å². The molecule has 1 aromatic carbocycles. The number of benzene rings is 1. The Bertz CT molecular complexity index is 413. The summed E-state index contributed by atoms with van der Waals surface area (Å²) in [6, 6.07) is 4.44. The summed E-state index contributed by atoms with van der Waals surface area (Å²) in [5.74, 6) is -0.0694. The Hall–Kier alpha value is -1.42. The fourth-order valence-corrected chi connectivity index (χ4v) is 2.25. The number of aryl methyl sites for hydroxylation is 1. The smallest absolute Gasteiger partial charge is 0.253 e. The molecule has 0 radical (unpaired) electrons. The molecule has 1 aliphatic rings. The average molecular weight is 236 g/mol. The Labute approximate surface area is 100 Å². The molecule has 1 atom stereocenters. The van der Waals surface area contributed by atoms with Crippen LogP contribution >= 0.6 is 0 Å². The normalized spacial score (nSPS) is 19.7. The zero-order valence-electron chi connectivity index (χ0n) is 9.95. The Morgan fingerprint density at radius 2 is 2.29 bits per heavy atom. The fraction of sp³-hybridized carbons (Fsp3) is 0.462. The van der Waals surface area contributed by atoms with Crippen molar-refractivity contribution in [2.24, 2.45) is 11.7 Å². The van der Waals surface area contributed by atoms with E-state index in [2.05, 4.69) is 0 Å². The van der Waals surface area contributed by atoms with Crippen molar-refractivity contribution >= 4 is 5.91 Å². The minimum Gasteiger partial charge on any atom is -0.338 e. The van der Waals surface area contributed by atoms with Crippen molar-refractivity contribution in [1.82, 2.24) is 4.90 Å². The summed E-state index contributed by atoms with van der Waals surface area (Å²) in [6.07, 6.45) is 0.941. The summed E-state index contributed by atoms with van der Waals surface area (Å²) < 4.78 is 13.2. The van der Waals surface area contributed by atoms with Gasteiger partial charge in [0.25, 0.3) is 5.91 Å². The number of nitrogens with zero attached hydrogens (tertiary/aromatic N) is 1. The number of amides is 1. The number of carbonyl (C=O) groups excluding carboxylic acids is 1. The van der Waals surface area contributed by atoms with E-state index in [1.165, 1.54) is 12.1 Å². The molecule has 92 valence electrons. The van der Waals surface area contributed by atoms with Gasteiger partial charge in [-0.3, -0.25) is 4.79 Å². The van der Waals surface area contributed by atoms with Crippen LogP contribution in [0.5, 0.6) is 0 Å². The van der Waals surface area contributed by atoms with E-state index in [1.54, 1.807) is 17.9 Å². The van der Waals surface area contributed by atoms with Gasteiger partial charge in [0.2, 0.25) is 0 Å². The van der Waals surface area contributed by atoms with Crippen LogP contribution in [0, 0.1) is 18.7 Å². The molecule has 1 heterocycles. The highest BCUT2D eigenvalue weighted by Crippen LogP contribution is 2.18. The topological polar surface area (TPSA) is 46.3 Å². The second kappa shape index (κ2) is 4.84. The van der Waals surface area contributed by atoms with Crippen molar-refractivity contribution in [1.29, 1.82) is 0 Å². The van der Waals surface area contributed by atoms with Gasteiger partial charge in [-0.05, 0) is 49.6 Å². The van der Waals surface area contributed by atoms with Crippen LogP contribution in [0.1, 0.15) is 22.3 Å². The van der Waals surface area contributed by atoms with Crippen molar-refractivity contribution in [3.05, 3.63) is 35.1 Å². The lowest BCUT2D eigenvalue weighted by Crippen LogP contribution is -2.30. The highest BCUT2D eigenvalue weighted by Gasteiger charge is 2.26. The van der Waals surface area contributed by atoms with Crippen LogP contribution in [0.25, 0.3) is 0 Å². The number of hydrogen-bond donors (Lipinski definition) is 1. The summed E-state index contributed by atoms with van der Waals surface area (Å²) in [4.78, 5) is 13.9. The molecule has 0 bridgehead atoms. The molecule has 2 rings (SSSR count). The third-order valence-electron chi connectivity index (χ3n) is 3.20. The second-order valence-corrected chi connectivity index (χ2v) is 4.66. The molecule has 1 amide bonds. The molecule has 17 heavy (non-hydrogen) atoms. The summed E-state index contributed by atoms with van der Waals surface area (Å²) >= 11 is 0. The van der Waals surface area contributed by atoms with Gasteiger partial charge in [0.15, 0.2) is 0 Å². The standard InChI is InChI=1S/C13H17FN2O/c1-9-4-11(6-12(14)5-9)13(17)16-3-2-10(7-15)8-16/h4-6,10H,2-3,7-8,15H2,1H3/t10-/m0/s1. The Balaban J connectivity index is 2.14. The largest absolute Gasteiger partial charge is 0.338 e. The third-order valence-corrected chi connectivity index (χ3v) is 3.20. The maximum Gasteiger partial charge on any atom is 0.253 e. The number of hydrogen-bond acceptors (Lipinski definition) is 2. The summed E-state index contributed by atoms with van der Waals surface area (Å²) in [5, 5.41) is 0. The van der Waals surface area contributed by atoms with Gasteiger partial charge >= 0.3 is 0 Å². The fourth-order valence-electron chi connectivity index (χ4n) is 2.25. The summed E-state index contributed by atoms with van der Waals surface area (Å²) in [6.45, 7) is 3.79. The van der Waals surface area contributed by atoms with E-state index in [0.717, 1.165) is 18.5 Å². The van der Waals surface area contributed by atoms with Crippen molar-refractivity contribution in [2.45, 2.75) is 13.3 Å². The quantitative estimate of drug-likeness (QED) is 0.847. The van der Waals surface area contributed by atoms with Gasteiger partial charge in [-0.25, -0.2) is 4.39 Å². The van der Waals surface area contributed by atoms with E-state index in [4.69, 9.17) is 5.73 Å². The third kappa shape index (κ3) is 2.64. The SMILES string of the molecule is Cc1cc(F)cc(C(=O)N2CC[C@@H](CN)C2)c1. The molecule has 3 nitrogen and oxygen atoms in total. The van der Waals surface area contributed by atoms with Gasteiger partial charge in [0.1, 0.15) is 5.82 Å². The van der Waals surface area contributed by atoms with Gasteiger partial charge in [-0.1, -0.05) is 0 Å².